The van der Waals surface area contributed by atoms with Crippen LogP contribution in [0.15, 0.2) is 41.4 Å². The van der Waals surface area contributed by atoms with Crippen molar-refractivity contribution in [1.82, 2.24) is 10.2 Å². The Hall–Kier alpha value is -2.06. The fraction of sp³-hybridized carbons (Fsp3) is 0.154. The summed E-state index contributed by atoms with van der Waals surface area (Å²) < 4.78 is 0. The molecule has 90 valence electrons. The summed E-state index contributed by atoms with van der Waals surface area (Å²) in [5.74, 6) is 0.747. The molecule has 18 heavy (non-hydrogen) atoms. The van der Waals surface area contributed by atoms with Crippen molar-refractivity contribution in [2.45, 2.75) is 11.6 Å². The topological polar surface area (TPSA) is 61.6 Å². The number of anilines is 1. The third-order valence-electron chi connectivity index (χ3n) is 2.41. The van der Waals surface area contributed by atoms with Gasteiger partial charge in [-0.15, -0.1) is 22.0 Å². The molecule has 0 saturated heterocycles. The van der Waals surface area contributed by atoms with E-state index in [1.165, 1.54) is 0 Å². The van der Waals surface area contributed by atoms with Crippen molar-refractivity contribution in [3.05, 3.63) is 47.5 Å². The van der Waals surface area contributed by atoms with E-state index in [-0.39, 0.29) is 0 Å². The third-order valence-corrected chi connectivity index (χ3v) is 3.04. The first kappa shape index (κ1) is 12.4. The van der Waals surface area contributed by atoms with Gasteiger partial charge >= 0.3 is 0 Å². The average Bonchev–Trinajstić information content (AvgIpc) is 2.46. The first-order valence-corrected chi connectivity index (χ1v) is 6.65. The van der Waals surface area contributed by atoms with Gasteiger partial charge in [0.25, 0.3) is 0 Å². The summed E-state index contributed by atoms with van der Waals surface area (Å²) in [6, 6.07) is 13.4. The summed E-state index contributed by atoms with van der Waals surface area (Å²) in [7, 11) is 0. The van der Waals surface area contributed by atoms with E-state index in [4.69, 9.17) is 5.26 Å². The summed E-state index contributed by atoms with van der Waals surface area (Å²) in [6.07, 6.45) is 1.97. The van der Waals surface area contributed by atoms with Crippen LogP contribution in [0, 0.1) is 11.3 Å². The number of thioether (sulfide) groups is 1. The molecule has 5 heteroatoms. The summed E-state index contributed by atoms with van der Waals surface area (Å²) in [6.45, 7) is 0.666. The Morgan fingerprint density at radius 3 is 2.50 bits per heavy atom. The summed E-state index contributed by atoms with van der Waals surface area (Å²) in [4.78, 5) is 0. The summed E-state index contributed by atoms with van der Waals surface area (Å²) in [5.41, 5.74) is 1.77. The first-order valence-electron chi connectivity index (χ1n) is 5.42. The average molecular weight is 256 g/mol. The summed E-state index contributed by atoms with van der Waals surface area (Å²) in [5, 5.41) is 20.9. The van der Waals surface area contributed by atoms with E-state index in [1.807, 2.05) is 30.5 Å². The molecule has 4 nitrogen and oxygen atoms in total. The van der Waals surface area contributed by atoms with Crippen LogP contribution in [0.1, 0.15) is 11.1 Å². The molecule has 0 amide bonds. The van der Waals surface area contributed by atoms with Crippen LogP contribution in [0.4, 0.5) is 5.82 Å². The third kappa shape index (κ3) is 3.22. The Morgan fingerprint density at radius 2 is 1.94 bits per heavy atom. The number of hydrogen-bond acceptors (Lipinski definition) is 5. The number of benzene rings is 1. The molecule has 1 aromatic heterocycles. The molecule has 1 heterocycles. The fourth-order valence-electron chi connectivity index (χ4n) is 1.41. The second-order valence-corrected chi connectivity index (χ2v) is 4.45. The second kappa shape index (κ2) is 6.03. The van der Waals surface area contributed by atoms with Crippen LogP contribution >= 0.6 is 11.8 Å². The van der Waals surface area contributed by atoms with Crippen LogP contribution in [0.2, 0.25) is 0 Å². The molecule has 0 bridgehead atoms. The van der Waals surface area contributed by atoms with E-state index in [9.17, 15) is 0 Å². The number of nitrogens with one attached hydrogen (secondary N) is 1. The van der Waals surface area contributed by atoms with Gasteiger partial charge in [0.2, 0.25) is 0 Å². The molecule has 0 spiro atoms. The maximum atomic E-state index is 8.70. The molecule has 0 radical (unpaired) electrons. The van der Waals surface area contributed by atoms with Crippen molar-refractivity contribution in [3.8, 4) is 6.07 Å². The zero-order valence-corrected chi connectivity index (χ0v) is 10.7. The maximum absolute atomic E-state index is 8.70. The van der Waals surface area contributed by atoms with E-state index in [0.29, 0.717) is 12.1 Å². The highest BCUT2D eigenvalue weighted by Gasteiger charge is 1.97. The number of hydrogen-bond donors (Lipinski definition) is 1. The minimum absolute atomic E-state index is 0.666. The Labute approximate surface area is 110 Å². The van der Waals surface area contributed by atoms with E-state index in [2.05, 4.69) is 21.6 Å². The monoisotopic (exact) mass is 256 g/mol. The van der Waals surface area contributed by atoms with Gasteiger partial charge in [0.15, 0.2) is 0 Å². The molecular weight excluding hydrogens is 244 g/mol. The molecule has 1 N–H and O–H groups in total. The molecule has 0 fully saturated rings. The normalized spacial score (nSPS) is 9.78. The minimum Gasteiger partial charge on any atom is -0.365 e. The maximum Gasteiger partial charge on any atom is 0.148 e. The molecule has 0 atom stereocenters. The molecule has 0 saturated carbocycles. The van der Waals surface area contributed by atoms with Crippen LogP contribution in [0.3, 0.4) is 0 Å². The smallest absolute Gasteiger partial charge is 0.148 e. The van der Waals surface area contributed by atoms with Gasteiger partial charge in [0.1, 0.15) is 10.8 Å². The van der Waals surface area contributed by atoms with Crippen molar-refractivity contribution in [2.24, 2.45) is 0 Å². The van der Waals surface area contributed by atoms with Gasteiger partial charge in [-0.05, 0) is 36.1 Å². The van der Waals surface area contributed by atoms with Crippen molar-refractivity contribution in [2.75, 3.05) is 11.6 Å². The number of nitriles is 1. The van der Waals surface area contributed by atoms with Crippen molar-refractivity contribution in [3.63, 3.8) is 0 Å². The molecule has 2 aromatic rings. The van der Waals surface area contributed by atoms with E-state index < -0.39 is 0 Å². The Morgan fingerprint density at radius 1 is 1.17 bits per heavy atom. The van der Waals surface area contributed by atoms with Crippen molar-refractivity contribution in [1.29, 1.82) is 5.26 Å². The van der Waals surface area contributed by atoms with Crippen LogP contribution in [0.5, 0.6) is 0 Å². The largest absolute Gasteiger partial charge is 0.365 e. The van der Waals surface area contributed by atoms with Gasteiger partial charge < -0.3 is 5.32 Å². The Bertz CT molecular complexity index is 543. The van der Waals surface area contributed by atoms with Crippen molar-refractivity contribution < 1.29 is 0 Å². The predicted octanol–water partition coefficient (Wildman–Crippen LogP) is 2.68. The van der Waals surface area contributed by atoms with Crippen LogP contribution in [-0.4, -0.2) is 16.5 Å². The lowest BCUT2D eigenvalue weighted by molar-refractivity contribution is 0.921. The molecule has 1 aromatic carbocycles. The zero-order chi connectivity index (χ0) is 12.8. The lowest BCUT2D eigenvalue weighted by Gasteiger charge is -2.05. The van der Waals surface area contributed by atoms with Crippen LogP contribution in [-0.2, 0) is 6.54 Å². The molecule has 0 aliphatic heterocycles. The number of aromatic nitrogens is 2. The SMILES string of the molecule is CSc1ccc(NCc2ccc(C#N)cc2)nn1. The quantitative estimate of drug-likeness (QED) is 0.852. The van der Waals surface area contributed by atoms with Crippen LogP contribution in [0.25, 0.3) is 0 Å². The molecule has 0 aliphatic carbocycles. The minimum atomic E-state index is 0.666. The fourth-order valence-corrected chi connectivity index (χ4v) is 1.74. The van der Waals surface area contributed by atoms with E-state index >= 15 is 0 Å². The van der Waals surface area contributed by atoms with E-state index in [0.717, 1.165) is 16.4 Å². The zero-order valence-electron chi connectivity index (χ0n) is 9.92. The summed E-state index contributed by atoms with van der Waals surface area (Å²) >= 11 is 1.56. The van der Waals surface area contributed by atoms with Gasteiger partial charge in [0, 0.05) is 6.54 Å². The highest BCUT2D eigenvalue weighted by molar-refractivity contribution is 7.98. The molecule has 0 unspecified atom stereocenters. The van der Waals surface area contributed by atoms with Crippen LogP contribution < -0.4 is 5.32 Å². The highest BCUT2D eigenvalue weighted by atomic mass is 32.2. The second-order valence-electron chi connectivity index (χ2n) is 3.62. The van der Waals surface area contributed by atoms with Crippen molar-refractivity contribution >= 4 is 17.6 Å². The number of rotatable bonds is 4. The molecular formula is C13H12N4S. The van der Waals surface area contributed by atoms with Gasteiger partial charge in [0.05, 0.1) is 11.6 Å². The molecule has 2 rings (SSSR count). The van der Waals surface area contributed by atoms with Gasteiger partial charge in [-0.25, -0.2) is 0 Å². The molecule has 0 aliphatic rings. The standard InChI is InChI=1S/C13H12N4S/c1-18-13-7-6-12(16-17-13)15-9-11-4-2-10(8-14)3-5-11/h2-7H,9H2,1H3,(H,15,16). The van der Waals surface area contributed by atoms with E-state index in [1.54, 1.807) is 23.9 Å². The predicted molar refractivity (Wildman–Crippen MR) is 72.3 cm³/mol. The lowest BCUT2D eigenvalue weighted by atomic mass is 10.1. The highest BCUT2D eigenvalue weighted by Crippen LogP contribution is 2.12. The van der Waals surface area contributed by atoms with Gasteiger partial charge in [-0.2, -0.15) is 5.26 Å². The number of nitrogens with zero attached hydrogens (tertiary/aromatic N) is 3. The Balaban J connectivity index is 1.95. The van der Waals surface area contributed by atoms with Gasteiger partial charge in [-0.1, -0.05) is 12.1 Å². The lowest BCUT2D eigenvalue weighted by Crippen LogP contribution is -2.02. The van der Waals surface area contributed by atoms with Gasteiger partial charge in [-0.3, -0.25) is 0 Å². The first-order chi connectivity index (χ1) is 8.81. The Kier molecular flexibility index (Phi) is 4.15.